The molecule has 0 spiro atoms. The van der Waals surface area contributed by atoms with E-state index in [0.29, 0.717) is 6.54 Å². The molecule has 150 valence electrons. The molecule has 1 aromatic rings. The fourth-order valence-electron chi connectivity index (χ4n) is 2.20. The molecule has 0 bridgehead atoms. The van der Waals surface area contributed by atoms with Gasteiger partial charge in [-0.05, 0) is 44.6 Å². The second-order valence-corrected chi connectivity index (χ2v) is 8.21. The number of halogens is 1. The molecule has 0 aliphatic rings. The van der Waals surface area contributed by atoms with Crippen molar-refractivity contribution in [2.24, 2.45) is 10.9 Å². The number of hydrogen-bond donors (Lipinski definition) is 2. The van der Waals surface area contributed by atoms with Crippen LogP contribution in [0.1, 0.15) is 32.6 Å². The minimum atomic E-state index is -0.471. The summed E-state index contributed by atoms with van der Waals surface area (Å²) in [5, 5.41) is 8.70. The number of carbonyl (C=O) groups excluding carboxylic acids is 1. The van der Waals surface area contributed by atoms with Crippen molar-refractivity contribution < 1.29 is 9.53 Å². The van der Waals surface area contributed by atoms with Crippen LogP contribution in [0.3, 0.4) is 0 Å². The van der Waals surface area contributed by atoms with E-state index in [1.807, 2.05) is 20.8 Å². The van der Waals surface area contributed by atoms with Crippen molar-refractivity contribution in [3.8, 4) is 0 Å². The standard InChI is InChI=1S/C18H32N4O2S.HI/c1-14(13-22(6)17(23)24-18(2,3)4)12-21-16(19-5)20-10-9-15-8-7-11-25-15;/h7-8,11,14H,9-10,12-13H2,1-6H3,(H2,19,20,21);1H. The predicted octanol–water partition coefficient (Wildman–Crippen LogP) is 3.58. The number of ether oxygens (including phenoxy) is 1. The second kappa shape index (κ2) is 12.4. The summed E-state index contributed by atoms with van der Waals surface area (Å²) in [6.07, 6.45) is 0.688. The summed E-state index contributed by atoms with van der Waals surface area (Å²) >= 11 is 1.76. The molecule has 0 fully saturated rings. The van der Waals surface area contributed by atoms with Gasteiger partial charge >= 0.3 is 6.09 Å². The van der Waals surface area contributed by atoms with Crippen LogP contribution in [0.2, 0.25) is 0 Å². The molecule has 0 radical (unpaired) electrons. The van der Waals surface area contributed by atoms with Crippen LogP contribution in [0, 0.1) is 5.92 Å². The van der Waals surface area contributed by atoms with E-state index in [4.69, 9.17) is 4.74 Å². The van der Waals surface area contributed by atoms with E-state index in [2.05, 4.69) is 40.1 Å². The van der Waals surface area contributed by atoms with Crippen molar-refractivity contribution in [1.29, 1.82) is 0 Å². The molecule has 8 heteroatoms. The molecule has 0 aliphatic carbocycles. The van der Waals surface area contributed by atoms with Gasteiger partial charge in [-0.15, -0.1) is 35.3 Å². The average Bonchev–Trinajstić information content (AvgIpc) is 3.02. The van der Waals surface area contributed by atoms with Crippen molar-refractivity contribution >= 4 is 47.4 Å². The highest BCUT2D eigenvalue weighted by molar-refractivity contribution is 14.0. The van der Waals surface area contributed by atoms with E-state index in [1.54, 1.807) is 30.3 Å². The molecule has 0 saturated carbocycles. The van der Waals surface area contributed by atoms with E-state index < -0.39 is 5.60 Å². The molecule has 26 heavy (non-hydrogen) atoms. The number of guanidine groups is 1. The van der Waals surface area contributed by atoms with Crippen LogP contribution in [-0.4, -0.2) is 56.3 Å². The first-order valence-electron chi connectivity index (χ1n) is 8.62. The number of rotatable bonds is 7. The fraction of sp³-hybridized carbons (Fsp3) is 0.667. The van der Waals surface area contributed by atoms with Crippen LogP contribution in [0.5, 0.6) is 0 Å². The van der Waals surface area contributed by atoms with Gasteiger partial charge in [-0.3, -0.25) is 4.99 Å². The first kappa shape index (κ1) is 25.0. The zero-order valence-electron chi connectivity index (χ0n) is 16.7. The quantitative estimate of drug-likeness (QED) is 0.344. The molecule has 1 atom stereocenters. The van der Waals surface area contributed by atoms with Crippen LogP contribution < -0.4 is 10.6 Å². The third kappa shape index (κ3) is 10.8. The molecule has 1 rings (SSSR count). The normalized spacial score (nSPS) is 12.8. The van der Waals surface area contributed by atoms with Crippen molar-refractivity contribution in [2.45, 2.75) is 39.7 Å². The molecule has 0 saturated heterocycles. The van der Waals surface area contributed by atoms with E-state index in [0.717, 1.165) is 25.5 Å². The average molecular weight is 496 g/mol. The Hall–Kier alpha value is -1.03. The Balaban J connectivity index is 0.00000625. The zero-order valence-corrected chi connectivity index (χ0v) is 19.8. The highest BCUT2D eigenvalue weighted by atomic mass is 127. The Bertz CT molecular complexity index is 544. The minimum absolute atomic E-state index is 0. The van der Waals surface area contributed by atoms with Crippen LogP contribution in [0.15, 0.2) is 22.5 Å². The van der Waals surface area contributed by atoms with Crippen molar-refractivity contribution in [2.75, 3.05) is 33.7 Å². The van der Waals surface area contributed by atoms with Gasteiger partial charge in [0, 0.05) is 38.6 Å². The molecule has 6 nitrogen and oxygen atoms in total. The summed E-state index contributed by atoms with van der Waals surface area (Å²) in [6.45, 7) is 9.89. The van der Waals surface area contributed by atoms with Gasteiger partial charge in [0.1, 0.15) is 5.60 Å². The summed E-state index contributed by atoms with van der Waals surface area (Å²) in [5.74, 6) is 1.05. The number of thiophene rings is 1. The lowest BCUT2D eigenvalue weighted by atomic mass is 10.1. The largest absolute Gasteiger partial charge is 0.444 e. The van der Waals surface area contributed by atoms with E-state index in [1.165, 1.54) is 4.88 Å². The molecule has 2 N–H and O–H groups in total. The monoisotopic (exact) mass is 496 g/mol. The Morgan fingerprint density at radius 2 is 2.08 bits per heavy atom. The van der Waals surface area contributed by atoms with Gasteiger partial charge < -0.3 is 20.3 Å². The van der Waals surface area contributed by atoms with Crippen LogP contribution >= 0.6 is 35.3 Å². The summed E-state index contributed by atoms with van der Waals surface area (Å²) in [4.78, 5) is 19.2. The molecule has 1 heterocycles. The summed E-state index contributed by atoms with van der Waals surface area (Å²) in [7, 11) is 3.52. The summed E-state index contributed by atoms with van der Waals surface area (Å²) in [5.41, 5.74) is -0.471. The number of aliphatic imine (C=N–C) groups is 1. The second-order valence-electron chi connectivity index (χ2n) is 7.18. The summed E-state index contributed by atoms with van der Waals surface area (Å²) in [6, 6.07) is 4.20. The Labute approximate surface area is 178 Å². The lowest BCUT2D eigenvalue weighted by Crippen LogP contribution is -2.43. The van der Waals surface area contributed by atoms with Gasteiger partial charge in [-0.1, -0.05) is 13.0 Å². The number of amides is 1. The Kier molecular flexibility index (Phi) is 11.9. The number of nitrogens with zero attached hydrogens (tertiary/aromatic N) is 2. The van der Waals surface area contributed by atoms with Gasteiger partial charge in [0.2, 0.25) is 0 Å². The molecular formula is C18H33IN4O2S. The molecule has 0 aliphatic heterocycles. The lowest BCUT2D eigenvalue weighted by Gasteiger charge is -2.26. The zero-order chi connectivity index (χ0) is 18.9. The third-order valence-corrected chi connectivity index (χ3v) is 4.31. The van der Waals surface area contributed by atoms with Gasteiger partial charge in [0.25, 0.3) is 0 Å². The fourth-order valence-corrected chi connectivity index (χ4v) is 2.91. The molecule has 1 amide bonds. The third-order valence-electron chi connectivity index (χ3n) is 3.38. The van der Waals surface area contributed by atoms with Crippen molar-refractivity contribution in [3.63, 3.8) is 0 Å². The van der Waals surface area contributed by atoms with Gasteiger partial charge in [0.05, 0.1) is 0 Å². The highest BCUT2D eigenvalue weighted by Gasteiger charge is 2.20. The molecule has 0 aromatic carbocycles. The van der Waals surface area contributed by atoms with Gasteiger partial charge in [-0.25, -0.2) is 4.79 Å². The maximum atomic E-state index is 12.0. The SMILES string of the molecule is CN=C(NCCc1cccs1)NCC(C)CN(C)C(=O)OC(C)(C)C.I. The number of carbonyl (C=O) groups is 1. The number of hydrogen-bond acceptors (Lipinski definition) is 4. The van der Waals surface area contributed by atoms with Crippen LogP contribution in [0.25, 0.3) is 0 Å². The maximum Gasteiger partial charge on any atom is 0.410 e. The van der Waals surface area contributed by atoms with Crippen LogP contribution in [0.4, 0.5) is 4.79 Å². The number of nitrogens with one attached hydrogen (secondary N) is 2. The van der Waals surface area contributed by atoms with E-state index in [-0.39, 0.29) is 36.0 Å². The smallest absolute Gasteiger partial charge is 0.410 e. The highest BCUT2D eigenvalue weighted by Crippen LogP contribution is 2.10. The summed E-state index contributed by atoms with van der Waals surface area (Å²) < 4.78 is 5.37. The minimum Gasteiger partial charge on any atom is -0.444 e. The van der Waals surface area contributed by atoms with Crippen molar-refractivity contribution in [3.05, 3.63) is 22.4 Å². The first-order valence-corrected chi connectivity index (χ1v) is 9.50. The molecule has 1 unspecified atom stereocenters. The van der Waals surface area contributed by atoms with E-state index >= 15 is 0 Å². The van der Waals surface area contributed by atoms with Gasteiger partial charge in [-0.2, -0.15) is 0 Å². The molecule has 1 aromatic heterocycles. The predicted molar refractivity (Wildman–Crippen MR) is 121 cm³/mol. The first-order chi connectivity index (χ1) is 11.7. The Morgan fingerprint density at radius 1 is 1.38 bits per heavy atom. The van der Waals surface area contributed by atoms with E-state index in [9.17, 15) is 4.79 Å². The van der Waals surface area contributed by atoms with Gasteiger partial charge in [0.15, 0.2) is 5.96 Å². The van der Waals surface area contributed by atoms with Crippen LogP contribution in [-0.2, 0) is 11.2 Å². The Morgan fingerprint density at radius 3 is 2.62 bits per heavy atom. The lowest BCUT2D eigenvalue weighted by molar-refractivity contribution is 0.0278. The topological polar surface area (TPSA) is 66.0 Å². The maximum absolute atomic E-state index is 12.0. The van der Waals surface area contributed by atoms with Crippen molar-refractivity contribution in [1.82, 2.24) is 15.5 Å². The molecular weight excluding hydrogens is 463 g/mol.